The molecule has 3 atom stereocenters. The lowest BCUT2D eigenvalue weighted by Gasteiger charge is -2.27. The number of nitrogens with zero attached hydrogens (tertiary/aromatic N) is 1. The molecule has 6 nitrogen and oxygen atoms in total. The molecule has 2 amide bonds. The first-order chi connectivity index (χ1) is 16.9. The number of imide groups is 1. The summed E-state index contributed by atoms with van der Waals surface area (Å²) in [6.45, 7) is 0.160. The number of Topliss-reactive ketones (excluding diaryl/α,β-unsaturated/α-hetero) is 2. The zero-order valence-electron chi connectivity index (χ0n) is 18.5. The van der Waals surface area contributed by atoms with E-state index >= 15 is 0 Å². The van der Waals surface area contributed by atoms with Gasteiger partial charge in [-0.05, 0) is 29.7 Å². The third-order valence-corrected chi connectivity index (χ3v) is 7.53. The lowest BCUT2D eigenvalue weighted by molar-refractivity contribution is -0.144. The molecule has 1 spiro atoms. The maximum Gasteiger partial charge on any atom is 0.237 e. The Balaban J connectivity index is 1.44. The summed E-state index contributed by atoms with van der Waals surface area (Å²) < 4.78 is 6.25. The quantitative estimate of drug-likeness (QED) is 0.411. The fourth-order valence-electron chi connectivity index (χ4n) is 5.64. The molecule has 6 rings (SSSR count). The number of carbonyl (C=O) groups is 4. The molecule has 174 valence electrons. The van der Waals surface area contributed by atoms with Crippen LogP contribution in [-0.4, -0.2) is 40.4 Å². The van der Waals surface area contributed by atoms with E-state index in [1.54, 1.807) is 48.5 Å². The smallest absolute Gasteiger partial charge is 0.237 e. The van der Waals surface area contributed by atoms with Gasteiger partial charge in [0, 0.05) is 22.7 Å². The fourth-order valence-corrected chi connectivity index (χ4v) is 5.76. The van der Waals surface area contributed by atoms with Crippen LogP contribution in [0.3, 0.4) is 0 Å². The van der Waals surface area contributed by atoms with Crippen LogP contribution in [-0.2, 0) is 20.7 Å². The summed E-state index contributed by atoms with van der Waals surface area (Å²) in [7, 11) is 0. The topological polar surface area (TPSA) is 80.8 Å². The van der Waals surface area contributed by atoms with Crippen LogP contribution in [0, 0.1) is 11.8 Å². The standard InChI is InChI=1S/C28H20ClNO5/c29-18-12-10-17(11-13-18)23-21-22(27(34)30(26(21)33)15-14-16-6-2-1-3-7-16)28(35-23)24(31)19-8-4-5-9-20(19)25(28)32/h1-13,21-23H,14-15H2. The van der Waals surface area contributed by atoms with Crippen LogP contribution >= 0.6 is 11.6 Å². The number of amides is 2. The van der Waals surface area contributed by atoms with E-state index in [0.717, 1.165) is 5.56 Å². The SMILES string of the molecule is O=C1C2C(c3ccc(Cl)cc3)OC3(C(=O)c4ccccc4C3=O)C2C(=O)N1CCc1ccccc1. The molecule has 1 aliphatic carbocycles. The largest absolute Gasteiger partial charge is 0.349 e. The van der Waals surface area contributed by atoms with Gasteiger partial charge in [0.1, 0.15) is 0 Å². The summed E-state index contributed by atoms with van der Waals surface area (Å²) in [4.78, 5) is 56.0. The molecule has 2 heterocycles. The predicted molar refractivity (Wildman–Crippen MR) is 127 cm³/mol. The summed E-state index contributed by atoms with van der Waals surface area (Å²) in [5.74, 6) is -4.29. The summed E-state index contributed by atoms with van der Waals surface area (Å²) in [5.41, 5.74) is -0.0472. The van der Waals surface area contributed by atoms with Crippen molar-refractivity contribution in [1.29, 1.82) is 0 Å². The number of hydrogen-bond acceptors (Lipinski definition) is 5. The number of carbonyl (C=O) groups excluding carboxylic acids is 4. The van der Waals surface area contributed by atoms with Crippen molar-refractivity contribution in [2.75, 3.05) is 6.54 Å². The number of likely N-dealkylation sites (tertiary alicyclic amines) is 1. The monoisotopic (exact) mass is 485 g/mol. The van der Waals surface area contributed by atoms with Gasteiger partial charge >= 0.3 is 0 Å². The molecule has 2 saturated heterocycles. The van der Waals surface area contributed by atoms with E-state index < -0.39 is 46.9 Å². The highest BCUT2D eigenvalue weighted by atomic mass is 35.5. The first kappa shape index (κ1) is 21.9. The number of rotatable bonds is 4. The first-order valence-corrected chi connectivity index (χ1v) is 11.8. The van der Waals surface area contributed by atoms with E-state index in [4.69, 9.17) is 16.3 Å². The van der Waals surface area contributed by atoms with Crippen molar-refractivity contribution in [3.8, 4) is 0 Å². The van der Waals surface area contributed by atoms with E-state index in [-0.39, 0.29) is 17.7 Å². The zero-order valence-corrected chi connectivity index (χ0v) is 19.3. The molecule has 0 saturated carbocycles. The Kier molecular flexibility index (Phi) is 4.99. The fraction of sp³-hybridized carbons (Fsp3) is 0.214. The van der Waals surface area contributed by atoms with Crippen LogP contribution in [0.5, 0.6) is 0 Å². The lowest BCUT2D eigenvalue weighted by atomic mass is 9.77. The second kappa shape index (κ2) is 7.97. The minimum atomic E-state index is -2.05. The predicted octanol–water partition coefficient (Wildman–Crippen LogP) is 4.07. The molecular formula is C28H20ClNO5. The van der Waals surface area contributed by atoms with Crippen molar-refractivity contribution in [3.05, 3.63) is 106 Å². The van der Waals surface area contributed by atoms with Crippen LogP contribution in [0.25, 0.3) is 0 Å². The molecule has 3 aromatic rings. The van der Waals surface area contributed by atoms with Crippen LogP contribution in [0.15, 0.2) is 78.9 Å². The third-order valence-electron chi connectivity index (χ3n) is 7.28. The van der Waals surface area contributed by atoms with E-state index in [2.05, 4.69) is 0 Å². The van der Waals surface area contributed by atoms with Gasteiger partial charge in [-0.1, -0.05) is 78.3 Å². The van der Waals surface area contributed by atoms with Crippen molar-refractivity contribution < 1.29 is 23.9 Å². The first-order valence-electron chi connectivity index (χ1n) is 11.4. The molecule has 3 unspecified atom stereocenters. The van der Waals surface area contributed by atoms with Crippen LogP contribution in [0.2, 0.25) is 5.02 Å². The zero-order chi connectivity index (χ0) is 24.3. The summed E-state index contributed by atoms with van der Waals surface area (Å²) in [6.07, 6.45) is -0.461. The Labute approximate surface area is 206 Å². The van der Waals surface area contributed by atoms with E-state index in [9.17, 15) is 19.2 Å². The Hall–Kier alpha value is -3.61. The number of hydrogen-bond donors (Lipinski definition) is 0. The molecule has 0 aromatic heterocycles. The number of ketones is 2. The molecule has 2 aliphatic heterocycles. The van der Waals surface area contributed by atoms with Gasteiger partial charge in [-0.3, -0.25) is 24.1 Å². The second-order valence-corrected chi connectivity index (χ2v) is 9.53. The molecule has 7 heteroatoms. The Morgan fingerprint density at radius 3 is 2.00 bits per heavy atom. The number of ether oxygens (including phenoxy) is 1. The highest BCUT2D eigenvalue weighted by Crippen LogP contribution is 2.57. The van der Waals surface area contributed by atoms with Gasteiger partial charge < -0.3 is 4.74 Å². The maximum atomic E-state index is 13.8. The van der Waals surface area contributed by atoms with E-state index in [1.165, 1.54) is 4.90 Å². The Morgan fingerprint density at radius 2 is 1.37 bits per heavy atom. The van der Waals surface area contributed by atoms with Gasteiger partial charge in [0.2, 0.25) is 29.0 Å². The highest BCUT2D eigenvalue weighted by Gasteiger charge is 2.74. The van der Waals surface area contributed by atoms with Gasteiger partial charge in [0.15, 0.2) is 0 Å². The van der Waals surface area contributed by atoms with Crippen LogP contribution in [0.4, 0.5) is 0 Å². The van der Waals surface area contributed by atoms with Crippen molar-refractivity contribution in [1.82, 2.24) is 4.90 Å². The average molecular weight is 486 g/mol. The summed E-state index contributed by atoms with van der Waals surface area (Å²) in [6, 6.07) is 22.7. The van der Waals surface area contributed by atoms with Crippen LogP contribution in [0.1, 0.15) is 37.9 Å². The van der Waals surface area contributed by atoms with Gasteiger partial charge in [-0.15, -0.1) is 0 Å². The normalized spacial score (nSPS) is 24.4. The van der Waals surface area contributed by atoms with Crippen molar-refractivity contribution in [2.45, 2.75) is 18.1 Å². The minimum absolute atomic E-state index is 0.160. The molecule has 3 aliphatic rings. The van der Waals surface area contributed by atoms with Gasteiger partial charge in [0.05, 0.1) is 17.9 Å². The van der Waals surface area contributed by atoms with Crippen molar-refractivity contribution in [3.63, 3.8) is 0 Å². The summed E-state index contributed by atoms with van der Waals surface area (Å²) in [5, 5.41) is 0.497. The second-order valence-electron chi connectivity index (χ2n) is 9.10. The lowest BCUT2D eigenvalue weighted by Crippen LogP contribution is -2.51. The number of fused-ring (bicyclic) bond motifs is 3. The van der Waals surface area contributed by atoms with Crippen molar-refractivity contribution in [2.24, 2.45) is 11.8 Å². The van der Waals surface area contributed by atoms with Gasteiger partial charge in [-0.2, -0.15) is 0 Å². The number of benzene rings is 3. The molecule has 35 heavy (non-hydrogen) atoms. The average Bonchev–Trinajstić information content (AvgIpc) is 3.44. The molecule has 0 N–H and O–H groups in total. The molecule has 2 fully saturated rings. The minimum Gasteiger partial charge on any atom is -0.349 e. The Morgan fingerprint density at radius 1 is 0.771 bits per heavy atom. The summed E-state index contributed by atoms with van der Waals surface area (Å²) >= 11 is 6.05. The maximum absolute atomic E-state index is 13.8. The number of halogens is 1. The van der Waals surface area contributed by atoms with Crippen molar-refractivity contribution >= 4 is 35.0 Å². The van der Waals surface area contributed by atoms with Gasteiger partial charge in [0.25, 0.3) is 0 Å². The van der Waals surface area contributed by atoms with Gasteiger partial charge in [-0.25, -0.2) is 0 Å². The third kappa shape index (κ3) is 3.07. The Bertz CT molecular complexity index is 1350. The van der Waals surface area contributed by atoms with E-state index in [1.807, 2.05) is 30.3 Å². The molecule has 0 radical (unpaired) electrons. The highest BCUT2D eigenvalue weighted by molar-refractivity contribution is 6.35. The molecule has 0 bridgehead atoms. The van der Waals surface area contributed by atoms with Crippen LogP contribution < -0.4 is 0 Å². The molecule has 3 aromatic carbocycles. The van der Waals surface area contributed by atoms with E-state index in [0.29, 0.717) is 17.0 Å². The molecular weight excluding hydrogens is 466 g/mol.